The van der Waals surface area contributed by atoms with Crippen molar-refractivity contribution in [2.45, 2.75) is 20.3 Å². The molecule has 140 valence electrons. The van der Waals surface area contributed by atoms with Gasteiger partial charge in [-0.3, -0.25) is 4.79 Å². The maximum Gasteiger partial charge on any atom is 0.228 e. The monoisotopic (exact) mass is 382 g/mol. The molecule has 0 aliphatic carbocycles. The van der Waals surface area contributed by atoms with Gasteiger partial charge in [0.2, 0.25) is 5.91 Å². The molecule has 3 aromatic rings. The highest BCUT2D eigenvalue weighted by atomic mass is 35.5. The summed E-state index contributed by atoms with van der Waals surface area (Å²) in [4.78, 5) is 14.6. The van der Waals surface area contributed by atoms with Crippen LogP contribution in [0.5, 0.6) is 0 Å². The Morgan fingerprint density at radius 1 is 1.15 bits per heavy atom. The van der Waals surface area contributed by atoms with Crippen molar-refractivity contribution in [3.8, 4) is 5.69 Å². The van der Waals surface area contributed by atoms with Crippen molar-refractivity contribution in [3.63, 3.8) is 0 Å². The summed E-state index contributed by atoms with van der Waals surface area (Å²) in [5.74, 6) is -0.0980. The van der Waals surface area contributed by atoms with Gasteiger partial charge in [0.25, 0.3) is 0 Å². The Morgan fingerprint density at radius 3 is 2.52 bits per heavy atom. The van der Waals surface area contributed by atoms with E-state index in [1.54, 1.807) is 6.07 Å². The minimum Gasteiger partial charge on any atom is -0.376 e. The summed E-state index contributed by atoms with van der Waals surface area (Å²) in [6, 6.07) is 15.4. The van der Waals surface area contributed by atoms with Crippen LogP contribution in [0.3, 0.4) is 0 Å². The van der Waals surface area contributed by atoms with Gasteiger partial charge in [0.15, 0.2) is 0 Å². The highest BCUT2D eigenvalue weighted by molar-refractivity contribution is 6.31. The molecule has 27 heavy (non-hydrogen) atoms. The molecule has 0 aliphatic rings. The molecule has 0 fully saturated rings. The zero-order valence-electron chi connectivity index (χ0n) is 16.0. The Morgan fingerprint density at radius 2 is 1.85 bits per heavy atom. The maximum absolute atomic E-state index is 12.7. The number of hydrogen-bond acceptors (Lipinski definition) is 3. The number of anilines is 2. The first kappa shape index (κ1) is 19.0. The van der Waals surface area contributed by atoms with Crippen LogP contribution in [0.25, 0.3) is 5.69 Å². The third kappa shape index (κ3) is 4.14. The third-order valence-corrected chi connectivity index (χ3v) is 4.73. The maximum atomic E-state index is 12.7. The van der Waals surface area contributed by atoms with E-state index in [1.165, 1.54) is 0 Å². The number of benzene rings is 2. The van der Waals surface area contributed by atoms with Gasteiger partial charge in [-0.25, -0.2) is 4.68 Å². The van der Waals surface area contributed by atoms with Gasteiger partial charge in [0.1, 0.15) is 0 Å². The van der Waals surface area contributed by atoms with Crippen LogP contribution in [0.4, 0.5) is 11.4 Å². The molecular weight excluding hydrogens is 360 g/mol. The van der Waals surface area contributed by atoms with Crippen LogP contribution >= 0.6 is 11.6 Å². The van der Waals surface area contributed by atoms with Crippen LogP contribution in [-0.4, -0.2) is 29.8 Å². The molecule has 1 heterocycles. The normalized spacial score (nSPS) is 10.7. The molecule has 0 atom stereocenters. The fourth-order valence-electron chi connectivity index (χ4n) is 3.10. The van der Waals surface area contributed by atoms with E-state index in [0.29, 0.717) is 10.7 Å². The van der Waals surface area contributed by atoms with Gasteiger partial charge in [-0.15, -0.1) is 0 Å². The number of halogens is 1. The number of rotatable bonds is 5. The van der Waals surface area contributed by atoms with Crippen molar-refractivity contribution in [3.05, 3.63) is 70.5 Å². The lowest BCUT2D eigenvalue weighted by atomic mass is 10.1. The molecule has 3 rings (SSSR count). The zero-order chi connectivity index (χ0) is 19.6. The first-order chi connectivity index (χ1) is 12.9. The molecule has 0 saturated heterocycles. The van der Waals surface area contributed by atoms with Crippen molar-refractivity contribution in [2.24, 2.45) is 0 Å². The van der Waals surface area contributed by atoms with Crippen LogP contribution < -0.4 is 10.2 Å². The second-order valence-electron chi connectivity index (χ2n) is 6.68. The zero-order valence-corrected chi connectivity index (χ0v) is 16.7. The lowest BCUT2D eigenvalue weighted by Gasteiger charge is -2.18. The largest absolute Gasteiger partial charge is 0.376 e. The van der Waals surface area contributed by atoms with Crippen LogP contribution in [0, 0.1) is 13.8 Å². The second kappa shape index (κ2) is 7.84. The summed E-state index contributed by atoms with van der Waals surface area (Å²) < 4.78 is 1.88. The number of hydrogen-bond donors (Lipinski definition) is 1. The molecule has 6 heteroatoms. The highest BCUT2D eigenvalue weighted by Gasteiger charge is 2.17. The first-order valence-electron chi connectivity index (χ1n) is 8.74. The first-order valence-corrected chi connectivity index (χ1v) is 9.12. The Labute approximate surface area is 164 Å². The van der Waals surface area contributed by atoms with Gasteiger partial charge < -0.3 is 10.2 Å². The molecule has 0 spiro atoms. The van der Waals surface area contributed by atoms with E-state index >= 15 is 0 Å². The number of nitrogens with zero attached hydrogens (tertiary/aromatic N) is 3. The van der Waals surface area contributed by atoms with Gasteiger partial charge in [-0.1, -0.05) is 29.8 Å². The van der Waals surface area contributed by atoms with E-state index < -0.39 is 0 Å². The lowest BCUT2D eigenvalue weighted by molar-refractivity contribution is -0.115. The predicted octanol–water partition coefficient (Wildman–Crippen LogP) is 4.39. The summed E-state index contributed by atoms with van der Waals surface area (Å²) >= 11 is 6.10. The molecule has 2 aromatic carbocycles. The smallest absolute Gasteiger partial charge is 0.228 e. The van der Waals surface area contributed by atoms with E-state index in [2.05, 4.69) is 10.4 Å². The van der Waals surface area contributed by atoms with Gasteiger partial charge in [-0.2, -0.15) is 5.10 Å². The number of para-hydroxylation sites is 1. The van der Waals surface area contributed by atoms with Crippen molar-refractivity contribution in [1.29, 1.82) is 0 Å². The van der Waals surface area contributed by atoms with E-state index in [9.17, 15) is 4.79 Å². The minimum absolute atomic E-state index is 0.0980. The molecule has 1 aromatic heterocycles. The summed E-state index contributed by atoms with van der Waals surface area (Å²) in [6.45, 7) is 3.92. The van der Waals surface area contributed by atoms with Gasteiger partial charge in [0.05, 0.1) is 29.2 Å². The van der Waals surface area contributed by atoms with Crippen LogP contribution in [0.1, 0.15) is 17.0 Å². The molecular formula is C21H23ClN4O. The van der Waals surface area contributed by atoms with Crippen molar-refractivity contribution >= 4 is 28.9 Å². The Kier molecular flexibility index (Phi) is 5.51. The number of aryl methyl sites for hydroxylation is 1. The molecule has 1 amide bonds. The number of carbonyl (C=O) groups is 1. The fraction of sp³-hybridized carbons (Fsp3) is 0.238. The number of amides is 1. The lowest BCUT2D eigenvalue weighted by Crippen LogP contribution is -2.18. The molecule has 0 radical (unpaired) electrons. The van der Waals surface area contributed by atoms with Gasteiger partial charge in [-0.05, 0) is 44.2 Å². The molecule has 0 bridgehead atoms. The van der Waals surface area contributed by atoms with Gasteiger partial charge >= 0.3 is 0 Å². The Balaban J connectivity index is 1.84. The molecule has 5 nitrogen and oxygen atoms in total. The highest BCUT2D eigenvalue weighted by Crippen LogP contribution is 2.28. The number of carbonyl (C=O) groups excluding carboxylic acids is 1. The van der Waals surface area contributed by atoms with Crippen LogP contribution in [0.2, 0.25) is 5.02 Å². The van der Waals surface area contributed by atoms with Crippen molar-refractivity contribution in [2.75, 3.05) is 24.3 Å². The van der Waals surface area contributed by atoms with E-state index in [0.717, 1.165) is 28.3 Å². The van der Waals surface area contributed by atoms with E-state index in [4.69, 9.17) is 11.6 Å². The topological polar surface area (TPSA) is 50.2 Å². The summed E-state index contributed by atoms with van der Waals surface area (Å²) in [5, 5.41) is 8.17. The average molecular weight is 383 g/mol. The number of nitrogens with one attached hydrogen (secondary N) is 1. The van der Waals surface area contributed by atoms with Crippen LogP contribution in [-0.2, 0) is 11.2 Å². The average Bonchev–Trinajstić information content (AvgIpc) is 2.90. The summed E-state index contributed by atoms with van der Waals surface area (Å²) in [7, 11) is 3.86. The fourth-order valence-corrected chi connectivity index (χ4v) is 3.28. The number of aromatic nitrogens is 2. The second-order valence-corrected chi connectivity index (χ2v) is 7.11. The molecule has 0 unspecified atom stereocenters. The third-order valence-electron chi connectivity index (χ3n) is 4.49. The van der Waals surface area contributed by atoms with Gasteiger partial charge in [0, 0.05) is 30.4 Å². The van der Waals surface area contributed by atoms with E-state index in [1.807, 2.05) is 80.0 Å². The van der Waals surface area contributed by atoms with E-state index in [-0.39, 0.29) is 12.3 Å². The molecule has 0 aliphatic heterocycles. The Bertz CT molecular complexity index is 964. The summed E-state index contributed by atoms with van der Waals surface area (Å²) in [6.07, 6.45) is 0.254. The quantitative estimate of drug-likeness (QED) is 0.712. The SMILES string of the molecule is Cc1nn(-c2ccccc2)c(C)c1CC(=O)Nc1cc(Cl)ccc1N(C)C. The standard InChI is InChI=1S/C21H23ClN4O/c1-14-18(15(2)26(24-14)17-8-6-5-7-9-17)13-21(27)23-19-12-16(22)10-11-20(19)25(3)4/h5-12H,13H2,1-4H3,(H,23,27). The molecule has 1 N–H and O–H groups in total. The Hall–Kier alpha value is -2.79. The predicted molar refractivity (Wildman–Crippen MR) is 111 cm³/mol. The molecule has 0 saturated carbocycles. The summed E-state index contributed by atoms with van der Waals surface area (Å²) in [5.41, 5.74) is 5.34. The van der Waals surface area contributed by atoms with Crippen molar-refractivity contribution in [1.82, 2.24) is 9.78 Å². The van der Waals surface area contributed by atoms with Crippen LogP contribution in [0.15, 0.2) is 48.5 Å². The van der Waals surface area contributed by atoms with Crippen molar-refractivity contribution < 1.29 is 4.79 Å². The minimum atomic E-state index is -0.0980.